The van der Waals surface area contributed by atoms with Crippen LogP contribution in [0.1, 0.15) is 11.3 Å². The van der Waals surface area contributed by atoms with Gasteiger partial charge in [0.2, 0.25) is 0 Å². The van der Waals surface area contributed by atoms with Gasteiger partial charge in [-0.2, -0.15) is 0 Å². The van der Waals surface area contributed by atoms with Crippen LogP contribution in [0.2, 0.25) is 0 Å². The molecule has 0 spiro atoms. The molecule has 0 bridgehead atoms. The number of halogens is 1. The average Bonchev–Trinajstić information content (AvgIpc) is 2.35. The van der Waals surface area contributed by atoms with Gasteiger partial charge in [-0.15, -0.1) is 0 Å². The number of aryl methyl sites for hydroxylation is 2. The summed E-state index contributed by atoms with van der Waals surface area (Å²) in [7, 11) is -3.60. The van der Waals surface area contributed by atoms with E-state index in [1.807, 2.05) is 13.0 Å². The second-order valence-corrected chi connectivity index (χ2v) is 6.77. The molecule has 1 N–H and O–H groups in total. The third kappa shape index (κ3) is 3.33. The van der Waals surface area contributed by atoms with Crippen LogP contribution in [0.25, 0.3) is 0 Å². The van der Waals surface area contributed by atoms with E-state index in [0.717, 1.165) is 10.2 Å². The molecule has 100 valence electrons. The van der Waals surface area contributed by atoms with Gasteiger partial charge in [0.15, 0.2) is 0 Å². The predicted octanol–water partition coefficient (Wildman–Crippen LogP) is 3.26. The fourth-order valence-electron chi connectivity index (χ4n) is 1.60. The van der Waals surface area contributed by atoms with Gasteiger partial charge in [0.1, 0.15) is 0 Å². The van der Waals surface area contributed by atoms with Crippen LogP contribution in [0.4, 0.5) is 5.69 Å². The van der Waals surface area contributed by atoms with E-state index in [-0.39, 0.29) is 4.90 Å². The molecule has 1 heterocycles. The summed E-state index contributed by atoms with van der Waals surface area (Å²) < 4.78 is 27.8. The number of rotatable bonds is 3. The maximum atomic E-state index is 12.3. The van der Waals surface area contributed by atoms with Crippen molar-refractivity contribution in [1.29, 1.82) is 0 Å². The van der Waals surface area contributed by atoms with E-state index in [1.165, 1.54) is 6.20 Å². The minimum Gasteiger partial charge on any atom is -0.278 e. The number of benzene rings is 1. The van der Waals surface area contributed by atoms with Gasteiger partial charge >= 0.3 is 0 Å². The number of hydrogen-bond donors (Lipinski definition) is 1. The zero-order valence-electron chi connectivity index (χ0n) is 10.5. The van der Waals surface area contributed by atoms with Crippen molar-refractivity contribution in [1.82, 2.24) is 4.98 Å². The van der Waals surface area contributed by atoms with E-state index >= 15 is 0 Å². The lowest BCUT2D eigenvalue weighted by Crippen LogP contribution is -2.14. The number of sulfonamides is 1. The maximum absolute atomic E-state index is 12.3. The number of anilines is 1. The van der Waals surface area contributed by atoms with E-state index < -0.39 is 10.0 Å². The van der Waals surface area contributed by atoms with E-state index in [2.05, 4.69) is 25.6 Å². The van der Waals surface area contributed by atoms with Gasteiger partial charge < -0.3 is 0 Å². The van der Waals surface area contributed by atoms with Gasteiger partial charge in [-0.05, 0) is 43.7 Å². The Bertz CT molecular complexity index is 697. The summed E-state index contributed by atoms with van der Waals surface area (Å²) in [5, 5.41) is 0. The molecule has 0 saturated heterocycles. The van der Waals surface area contributed by atoms with Crippen LogP contribution in [0.5, 0.6) is 0 Å². The van der Waals surface area contributed by atoms with Crippen molar-refractivity contribution in [2.75, 3.05) is 4.72 Å². The fraction of sp³-hybridized carbons (Fsp3) is 0.154. The molecule has 4 nitrogen and oxygen atoms in total. The Hall–Kier alpha value is -1.40. The Morgan fingerprint density at radius 3 is 2.53 bits per heavy atom. The van der Waals surface area contributed by atoms with E-state index in [9.17, 15) is 8.42 Å². The van der Waals surface area contributed by atoms with Crippen LogP contribution in [-0.2, 0) is 10.0 Å². The first-order valence-corrected chi connectivity index (χ1v) is 7.88. The molecule has 2 rings (SSSR count). The lowest BCUT2D eigenvalue weighted by molar-refractivity contribution is 0.600. The summed E-state index contributed by atoms with van der Waals surface area (Å²) in [6.45, 7) is 3.60. The number of pyridine rings is 1. The fourth-order valence-corrected chi connectivity index (χ4v) is 3.43. The Balaban J connectivity index is 2.37. The highest BCUT2D eigenvalue weighted by Crippen LogP contribution is 2.22. The van der Waals surface area contributed by atoms with Gasteiger partial charge in [0.05, 0.1) is 16.8 Å². The molecule has 0 unspecified atom stereocenters. The monoisotopic (exact) mass is 340 g/mol. The highest BCUT2D eigenvalue weighted by Gasteiger charge is 2.17. The van der Waals surface area contributed by atoms with Gasteiger partial charge in [0.25, 0.3) is 10.0 Å². The van der Waals surface area contributed by atoms with Crippen molar-refractivity contribution in [3.05, 3.63) is 52.3 Å². The standard InChI is InChI=1S/C13H13BrN2O2S/c1-9-3-5-11(14)7-13(9)19(17,18)16-12-6-4-10(2)15-8-12/h3-8,16H,1-2H3. The van der Waals surface area contributed by atoms with Gasteiger partial charge in [-0.1, -0.05) is 22.0 Å². The SMILES string of the molecule is Cc1ccc(NS(=O)(=O)c2cc(Br)ccc2C)cn1. The van der Waals surface area contributed by atoms with Crippen LogP contribution in [0.15, 0.2) is 45.9 Å². The highest BCUT2D eigenvalue weighted by atomic mass is 79.9. The zero-order chi connectivity index (χ0) is 14.0. The van der Waals surface area contributed by atoms with Crippen LogP contribution < -0.4 is 4.72 Å². The minimum absolute atomic E-state index is 0.252. The molecule has 0 aliphatic rings. The molecule has 2 aromatic rings. The summed E-state index contributed by atoms with van der Waals surface area (Å²) in [6, 6.07) is 8.59. The summed E-state index contributed by atoms with van der Waals surface area (Å²) in [5.74, 6) is 0. The van der Waals surface area contributed by atoms with Gasteiger partial charge in [0, 0.05) is 10.2 Å². The third-order valence-electron chi connectivity index (χ3n) is 2.60. The second kappa shape index (κ2) is 5.30. The smallest absolute Gasteiger partial charge is 0.262 e. The molecule has 0 radical (unpaired) electrons. The van der Waals surface area contributed by atoms with Crippen LogP contribution in [-0.4, -0.2) is 13.4 Å². The van der Waals surface area contributed by atoms with Crippen molar-refractivity contribution in [2.45, 2.75) is 18.7 Å². The van der Waals surface area contributed by atoms with Crippen molar-refractivity contribution >= 4 is 31.6 Å². The summed E-state index contributed by atoms with van der Waals surface area (Å²) in [6.07, 6.45) is 1.50. The molecule has 19 heavy (non-hydrogen) atoms. The lowest BCUT2D eigenvalue weighted by atomic mass is 10.2. The molecule has 1 aromatic carbocycles. The molecule has 0 saturated carbocycles. The number of hydrogen-bond acceptors (Lipinski definition) is 3. The van der Waals surface area contributed by atoms with Gasteiger partial charge in [-0.25, -0.2) is 8.42 Å². The van der Waals surface area contributed by atoms with Crippen molar-refractivity contribution < 1.29 is 8.42 Å². The van der Waals surface area contributed by atoms with Crippen molar-refractivity contribution in [3.63, 3.8) is 0 Å². The molecule has 0 atom stereocenters. The molecule has 0 aliphatic carbocycles. The molecule has 0 amide bonds. The Morgan fingerprint density at radius 1 is 1.16 bits per heavy atom. The molecular weight excluding hydrogens is 328 g/mol. The molecule has 1 aromatic heterocycles. The predicted molar refractivity (Wildman–Crippen MR) is 78.7 cm³/mol. The summed E-state index contributed by atoms with van der Waals surface area (Å²) in [5.41, 5.74) is 1.97. The van der Waals surface area contributed by atoms with E-state index in [1.54, 1.807) is 31.2 Å². The van der Waals surface area contributed by atoms with Crippen LogP contribution in [0, 0.1) is 13.8 Å². The number of nitrogens with zero attached hydrogens (tertiary/aromatic N) is 1. The molecule has 0 aliphatic heterocycles. The zero-order valence-corrected chi connectivity index (χ0v) is 12.9. The average molecular weight is 341 g/mol. The third-order valence-corrected chi connectivity index (χ3v) is 4.62. The van der Waals surface area contributed by atoms with Crippen molar-refractivity contribution in [3.8, 4) is 0 Å². The van der Waals surface area contributed by atoms with E-state index in [4.69, 9.17) is 0 Å². The topological polar surface area (TPSA) is 59.1 Å². The Labute approximate surface area is 121 Å². The van der Waals surface area contributed by atoms with Crippen LogP contribution in [0.3, 0.4) is 0 Å². The van der Waals surface area contributed by atoms with Crippen LogP contribution >= 0.6 is 15.9 Å². The first-order chi connectivity index (χ1) is 8.88. The quantitative estimate of drug-likeness (QED) is 0.932. The van der Waals surface area contributed by atoms with Gasteiger partial charge in [-0.3, -0.25) is 9.71 Å². The largest absolute Gasteiger partial charge is 0.278 e. The maximum Gasteiger partial charge on any atom is 0.262 e. The Kier molecular flexibility index (Phi) is 3.91. The lowest BCUT2D eigenvalue weighted by Gasteiger charge is -2.10. The second-order valence-electron chi connectivity index (χ2n) is 4.20. The first-order valence-electron chi connectivity index (χ1n) is 5.60. The summed E-state index contributed by atoms with van der Waals surface area (Å²) >= 11 is 3.28. The van der Waals surface area contributed by atoms with E-state index in [0.29, 0.717) is 11.3 Å². The first kappa shape index (κ1) is 14.0. The molecular formula is C13H13BrN2O2S. The molecule has 6 heteroatoms. The minimum atomic E-state index is -3.60. The number of aromatic nitrogens is 1. The number of nitrogens with one attached hydrogen (secondary N) is 1. The molecule has 0 fully saturated rings. The highest BCUT2D eigenvalue weighted by molar-refractivity contribution is 9.10. The van der Waals surface area contributed by atoms with Crippen molar-refractivity contribution in [2.24, 2.45) is 0 Å². The normalized spacial score (nSPS) is 11.3. The summed E-state index contributed by atoms with van der Waals surface area (Å²) in [4.78, 5) is 4.31. The Morgan fingerprint density at radius 2 is 1.89 bits per heavy atom.